The lowest BCUT2D eigenvalue weighted by Crippen LogP contribution is -2.27. The van der Waals surface area contributed by atoms with Gasteiger partial charge in [0.1, 0.15) is 11.3 Å². The lowest BCUT2D eigenvalue weighted by Gasteiger charge is -2.23. The smallest absolute Gasteiger partial charge is 0.526 e. The molecule has 1 aromatic carbocycles. The van der Waals surface area contributed by atoms with Crippen LogP contribution in [0.25, 0.3) is 0 Å². The molecule has 0 aromatic heterocycles. The predicted molar refractivity (Wildman–Crippen MR) is 82.8 cm³/mol. The fraction of sp³-hybridized carbons (Fsp3) is 0.533. The maximum atomic E-state index is 14.4. The molecule has 4 atom stereocenters. The summed E-state index contributed by atoms with van der Waals surface area (Å²) >= 11 is 0.896. The lowest BCUT2D eigenvalue weighted by molar-refractivity contribution is 0.0690. The first-order valence-corrected chi connectivity index (χ1v) is 8.57. The monoisotopic (exact) mass is 338 g/mol. The zero-order chi connectivity index (χ0) is 16.1. The average Bonchev–Trinajstić information content (AvgIpc) is 3.13. The Bertz CT molecular complexity index is 651. The summed E-state index contributed by atoms with van der Waals surface area (Å²) in [6.45, 7) is 0.903. The quantitative estimate of drug-likeness (QED) is 0.649. The van der Waals surface area contributed by atoms with E-state index in [1.54, 1.807) is 12.1 Å². The fourth-order valence-electron chi connectivity index (χ4n) is 3.37. The summed E-state index contributed by atoms with van der Waals surface area (Å²) in [4.78, 5) is 12.0. The van der Waals surface area contributed by atoms with Gasteiger partial charge in [0, 0.05) is 23.2 Å². The minimum absolute atomic E-state index is 0.0431. The molecule has 23 heavy (non-hydrogen) atoms. The second-order valence-corrected chi connectivity index (χ2v) is 7.40. The van der Waals surface area contributed by atoms with E-state index in [0.29, 0.717) is 24.5 Å². The molecule has 8 heteroatoms. The standard InChI is InChI=1S/C15H16BFO5S/c17-14(7-3-4-21-6-7)23-11-2-1-8-9-5-10(9)16(20)22-13(8)12(11)15(18)19/h1-2,7,9-10,14,20H,3-6H2,(H,18,19). The molecule has 4 rings (SSSR count). The summed E-state index contributed by atoms with van der Waals surface area (Å²) in [5.41, 5.74) is -0.462. The number of fused-ring (bicyclic) bond motifs is 3. The van der Waals surface area contributed by atoms with Crippen molar-refractivity contribution >= 4 is 24.8 Å². The number of hydrogen-bond donors (Lipinski definition) is 2. The molecule has 0 spiro atoms. The highest BCUT2D eigenvalue weighted by molar-refractivity contribution is 7.99. The molecule has 1 saturated carbocycles. The summed E-state index contributed by atoms with van der Waals surface area (Å²) in [7, 11) is -0.977. The summed E-state index contributed by atoms with van der Waals surface area (Å²) in [5, 5.41) is 19.5. The number of ether oxygens (including phenoxy) is 1. The number of benzene rings is 1. The first-order chi connectivity index (χ1) is 11.1. The highest BCUT2D eigenvalue weighted by Gasteiger charge is 2.54. The van der Waals surface area contributed by atoms with Gasteiger partial charge in [-0.25, -0.2) is 9.18 Å². The van der Waals surface area contributed by atoms with Crippen LogP contribution in [-0.2, 0) is 4.74 Å². The first-order valence-electron chi connectivity index (χ1n) is 7.69. The summed E-state index contributed by atoms with van der Waals surface area (Å²) < 4.78 is 25.1. The third-order valence-corrected chi connectivity index (χ3v) is 5.99. The number of aromatic carboxylic acids is 1. The van der Waals surface area contributed by atoms with Crippen LogP contribution in [-0.4, -0.2) is 41.9 Å². The van der Waals surface area contributed by atoms with Crippen LogP contribution in [0, 0.1) is 5.92 Å². The van der Waals surface area contributed by atoms with Crippen molar-refractivity contribution in [2.75, 3.05) is 13.2 Å². The molecule has 0 bridgehead atoms. The molecule has 1 aromatic rings. The minimum Gasteiger partial charge on any atom is -0.535 e. The number of alkyl halides is 1. The highest BCUT2D eigenvalue weighted by Crippen LogP contribution is 2.60. The Balaban J connectivity index is 1.67. The summed E-state index contributed by atoms with van der Waals surface area (Å²) in [6, 6.07) is 3.46. The molecule has 1 saturated heterocycles. The van der Waals surface area contributed by atoms with E-state index < -0.39 is 18.6 Å². The Kier molecular flexibility index (Phi) is 3.78. The molecular formula is C15H16BFO5S. The lowest BCUT2D eigenvalue weighted by atomic mass is 9.77. The summed E-state index contributed by atoms with van der Waals surface area (Å²) in [5.74, 6) is -0.992. The topological polar surface area (TPSA) is 76.0 Å². The molecule has 0 amide bonds. The van der Waals surface area contributed by atoms with Crippen LogP contribution in [0.15, 0.2) is 17.0 Å². The second-order valence-electron chi connectivity index (χ2n) is 6.27. The maximum absolute atomic E-state index is 14.4. The van der Waals surface area contributed by atoms with E-state index in [4.69, 9.17) is 9.39 Å². The van der Waals surface area contributed by atoms with Crippen LogP contribution in [0.2, 0.25) is 5.82 Å². The molecule has 0 radical (unpaired) electrons. The SMILES string of the molecule is O=C(O)c1c(SC(F)C2CCOC2)ccc2c1OB(O)C1CC21. The van der Waals surface area contributed by atoms with Crippen molar-refractivity contribution in [3.05, 3.63) is 23.3 Å². The second kappa shape index (κ2) is 5.68. The number of thioether (sulfide) groups is 1. The normalized spacial score (nSPS) is 29.5. The number of halogens is 1. The van der Waals surface area contributed by atoms with Crippen LogP contribution in [0.5, 0.6) is 5.75 Å². The zero-order valence-electron chi connectivity index (χ0n) is 12.3. The molecule has 4 unspecified atom stereocenters. The number of carbonyl (C=O) groups is 1. The van der Waals surface area contributed by atoms with Gasteiger partial charge in [-0.2, -0.15) is 0 Å². The van der Waals surface area contributed by atoms with E-state index in [2.05, 4.69) is 0 Å². The van der Waals surface area contributed by atoms with Crippen LogP contribution in [0.1, 0.15) is 34.7 Å². The third kappa shape index (κ3) is 2.62. The van der Waals surface area contributed by atoms with Crippen molar-refractivity contribution in [2.45, 2.75) is 35.0 Å². The largest absolute Gasteiger partial charge is 0.535 e. The minimum atomic E-state index is -1.23. The van der Waals surface area contributed by atoms with Crippen LogP contribution in [0.3, 0.4) is 0 Å². The van der Waals surface area contributed by atoms with E-state index in [1.165, 1.54) is 0 Å². The van der Waals surface area contributed by atoms with E-state index >= 15 is 0 Å². The van der Waals surface area contributed by atoms with Gasteiger partial charge in [0.15, 0.2) is 5.50 Å². The molecule has 2 fully saturated rings. The average molecular weight is 338 g/mol. The van der Waals surface area contributed by atoms with E-state index in [1.807, 2.05) is 0 Å². The maximum Gasteiger partial charge on any atom is 0.526 e. The third-order valence-electron chi connectivity index (χ3n) is 4.78. The Morgan fingerprint density at radius 1 is 1.48 bits per heavy atom. The van der Waals surface area contributed by atoms with Crippen LogP contribution < -0.4 is 4.65 Å². The number of carboxylic acids is 1. The molecule has 3 aliphatic rings. The Morgan fingerprint density at radius 3 is 3.00 bits per heavy atom. The molecule has 5 nitrogen and oxygen atoms in total. The predicted octanol–water partition coefficient (Wildman–Crippen LogP) is 2.54. The number of rotatable bonds is 4. The Morgan fingerprint density at radius 2 is 2.30 bits per heavy atom. The van der Waals surface area contributed by atoms with Crippen LogP contribution in [0.4, 0.5) is 4.39 Å². The van der Waals surface area contributed by atoms with Crippen molar-refractivity contribution in [3.8, 4) is 5.75 Å². The number of carboxylic acid groups (broad SMARTS) is 1. The van der Waals surface area contributed by atoms with Crippen molar-refractivity contribution in [2.24, 2.45) is 5.92 Å². The van der Waals surface area contributed by atoms with Crippen LogP contribution >= 0.6 is 11.8 Å². The summed E-state index contributed by atoms with van der Waals surface area (Å²) in [6.07, 6.45) is 1.44. The van der Waals surface area contributed by atoms with Gasteiger partial charge in [-0.15, -0.1) is 0 Å². The van der Waals surface area contributed by atoms with Gasteiger partial charge in [-0.3, -0.25) is 0 Å². The van der Waals surface area contributed by atoms with Gasteiger partial charge in [-0.05, 0) is 30.4 Å². The molecule has 2 heterocycles. The first kappa shape index (κ1) is 15.3. The molecule has 122 valence electrons. The van der Waals surface area contributed by atoms with E-state index in [9.17, 15) is 19.3 Å². The van der Waals surface area contributed by atoms with Gasteiger partial charge in [0.05, 0.1) is 6.61 Å². The van der Waals surface area contributed by atoms with Gasteiger partial charge < -0.3 is 19.5 Å². The van der Waals surface area contributed by atoms with Gasteiger partial charge >= 0.3 is 13.1 Å². The van der Waals surface area contributed by atoms with Gasteiger partial charge in [0.2, 0.25) is 0 Å². The Hall–Kier alpha value is -1.25. The van der Waals surface area contributed by atoms with Crippen molar-refractivity contribution in [1.29, 1.82) is 0 Å². The van der Waals surface area contributed by atoms with E-state index in [0.717, 1.165) is 23.7 Å². The van der Waals surface area contributed by atoms with Gasteiger partial charge in [-0.1, -0.05) is 17.8 Å². The van der Waals surface area contributed by atoms with Crippen molar-refractivity contribution < 1.29 is 28.7 Å². The van der Waals surface area contributed by atoms with Crippen molar-refractivity contribution in [3.63, 3.8) is 0 Å². The van der Waals surface area contributed by atoms with Gasteiger partial charge in [0.25, 0.3) is 0 Å². The molecule has 2 N–H and O–H groups in total. The molecular weight excluding hydrogens is 322 g/mol. The van der Waals surface area contributed by atoms with Crippen molar-refractivity contribution in [1.82, 2.24) is 0 Å². The number of hydrogen-bond acceptors (Lipinski definition) is 5. The fourth-order valence-corrected chi connectivity index (χ4v) is 4.47. The molecule has 2 aliphatic heterocycles. The highest BCUT2D eigenvalue weighted by atomic mass is 32.2. The Labute approximate surface area is 137 Å². The zero-order valence-corrected chi connectivity index (χ0v) is 13.1. The molecule has 1 aliphatic carbocycles. The van der Waals surface area contributed by atoms with E-state index in [-0.39, 0.29) is 29.0 Å².